The van der Waals surface area contributed by atoms with Gasteiger partial charge in [-0.2, -0.15) is 0 Å². The second-order valence-corrected chi connectivity index (χ2v) is 4.55. The Hall–Kier alpha value is -1.68. The molecule has 0 aromatic carbocycles. The molecule has 0 N–H and O–H groups in total. The molecule has 0 aliphatic heterocycles. The predicted octanol–water partition coefficient (Wildman–Crippen LogP) is 2.95. The molecule has 2 rings (SSSR count). The molecule has 0 unspecified atom stereocenters. The molecule has 100 valence electrons. The van der Waals surface area contributed by atoms with Crippen molar-refractivity contribution >= 4 is 17.4 Å². The minimum atomic E-state index is 0.388. The Balaban J connectivity index is 2.15. The van der Waals surface area contributed by atoms with Crippen molar-refractivity contribution in [1.29, 1.82) is 0 Å². The molecule has 0 spiro atoms. The summed E-state index contributed by atoms with van der Waals surface area (Å²) >= 11 is 5.71. The average molecular weight is 277 g/mol. The summed E-state index contributed by atoms with van der Waals surface area (Å²) in [5.74, 6) is 1.23. The highest BCUT2D eigenvalue weighted by molar-refractivity contribution is 6.16. The van der Waals surface area contributed by atoms with E-state index in [1.165, 1.54) is 0 Å². The van der Waals surface area contributed by atoms with Crippen molar-refractivity contribution in [3.8, 4) is 0 Å². The molecule has 0 aliphatic carbocycles. The first-order valence-electron chi connectivity index (χ1n) is 6.27. The maximum Gasteiger partial charge on any atom is 0.147 e. The fourth-order valence-corrected chi connectivity index (χ4v) is 1.96. The van der Waals surface area contributed by atoms with Gasteiger partial charge < -0.3 is 4.90 Å². The topological polar surface area (TPSA) is 41.9 Å². The lowest BCUT2D eigenvalue weighted by molar-refractivity contribution is 0.785. The molecule has 0 radical (unpaired) electrons. The zero-order valence-corrected chi connectivity index (χ0v) is 11.9. The van der Waals surface area contributed by atoms with Crippen molar-refractivity contribution in [2.24, 2.45) is 0 Å². The van der Waals surface area contributed by atoms with E-state index in [0.29, 0.717) is 5.88 Å². The fourth-order valence-electron chi connectivity index (χ4n) is 1.82. The van der Waals surface area contributed by atoms with Crippen molar-refractivity contribution in [2.45, 2.75) is 26.3 Å². The van der Waals surface area contributed by atoms with E-state index in [1.807, 2.05) is 25.1 Å². The van der Waals surface area contributed by atoms with Gasteiger partial charge in [-0.25, -0.2) is 4.98 Å². The number of aromatic nitrogens is 3. The Kier molecular flexibility index (Phi) is 4.68. The van der Waals surface area contributed by atoms with Crippen molar-refractivity contribution in [1.82, 2.24) is 15.0 Å². The number of nitrogens with zero attached hydrogens (tertiary/aromatic N) is 4. The van der Waals surface area contributed by atoms with E-state index in [0.717, 1.165) is 36.0 Å². The standard InChI is InChI=1S/C14H17ClN4/c1-3-19(10-12-6-4-5-11(2)18-12)14-9-16-13(7-15)8-17-14/h4-6,8-9H,3,7,10H2,1-2H3. The van der Waals surface area contributed by atoms with Gasteiger partial charge in [0, 0.05) is 12.2 Å². The molecule has 5 heteroatoms. The van der Waals surface area contributed by atoms with Crippen LogP contribution in [0.1, 0.15) is 24.0 Å². The van der Waals surface area contributed by atoms with E-state index < -0.39 is 0 Å². The Labute approximate surface area is 118 Å². The third kappa shape index (κ3) is 3.64. The third-order valence-electron chi connectivity index (χ3n) is 2.83. The second kappa shape index (κ2) is 6.48. The number of aryl methyl sites for hydroxylation is 1. The lowest BCUT2D eigenvalue weighted by Gasteiger charge is -2.21. The van der Waals surface area contributed by atoms with Crippen LogP contribution in [-0.4, -0.2) is 21.5 Å². The van der Waals surface area contributed by atoms with Gasteiger partial charge in [0.25, 0.3) is 0 Å². The minimum absolute atomic E-state index is 0.388. The second-order valence-electron chi connectivity index (χ2n) is 4.28. The monoisotopic (exact) mass is 276 g/mol. The van der Waals surface area contributed by atoms with Crippen LogP contribution >= 0.6 is 11.6 Å². The van der Waals surface area contributed by atoms with E-state index in [9.17, 15) is 0 Å². The van der Waals surface area contributed by atoms with Gasteiger partial charge in [0.1, 0.15) is 5.82 Å². The number of pyridine rings is 1. The van der Waals surface area contributed by atoms with Crippen molar-refractivity contribution < 1.29 is 0 Å². The first-order chi connectivity index (χ1) is 9.22. The fraction of sp³-hybridized carbons (Fsp3) is 0.357. The van der Waals surface area contributed by atoms with Crippen LogP contribution in [0.25, 0.3) is 0 Å². The first kappa shape index (κ1) is 13.7. The van der Waals surface area contributed by atoms with E-state index in [-0.39, 0.29) is 0 Å². The van der Waals surface area contributed by atoms with Gasteiger partial charge >= 0.3 is 0 Å². The van der Waals surface area contributed by atoms with Crippen LogP contribution in [0.5, 0.6) is 0 Å². The molecule has 0 saturated heterocycles. The quantitative estimate of drug-likeness (QED) is 0.788. The molecular weight excluding hydrogens is 260 g/mol. The van der Waals surface area contributed by atoms with E-state index in [4.69, 9.17) is 11.6 Å². The summed E-state index contributed by atoms with van der Waals surface area (Å²) in [6.45, 7) is 5.67. The van der Waals surface area contributed by atoms with Crippen LogP contribution < -0.4 is 4.90 Å². The van der Waals surface area contributed by atoms with Crippen molar-refractivity contribution in [3.63, 3.8) is 0 Å². The zero-order chi connectivity index (χ0) is 13.7. The maximum absolute atomic E-state index is 5.71. The van der Waals surface area contributed by atoms with Gasteiger partial charge in [0.05, 0.1) is 36.2 Å². The van der Waals surface area contributed by atoms with Gasteiger partial charge in [0.15, 0.2) is 0 Å². The van der Waals surface area contributed by atoms with Crippen LogP contribution in [-0.2, 0) is 12.4 Å². The molecule has 0 fully saturated rings. The molecular formula is C14H17ClN4. The Bertz CT molecular complexity index is 527. The zero-order valence-electron chi connectivity index (χ0n) is 11.2. The maximum atomic E-state index is 5.71. The van der Waals surface area contributed by atoms with Gasteiger partial charge in [-0.3, -0.25) is 9.97 Å². The number of hydrogen-bond acceptors (Lipinski definition) is 4. The number of halogens is 1. The molecule has 4 nitrogen and oxygen atoms in total. The SMILES string of the molecule is CCN(Cc1cccc(C)n1)c1cnc(CCl)cn1. The van der Waals surface area contributed by atoms with Crippen LogP contribution in [0.3, 0.4) is 0 Å². The van der Waals surface area contributed by atoms with Crippen molar-refractivity contribution in [3.05, 3.63) is 47.7 Å². The van der Waals surface area contributed by atoms with Gasteiger partial charge in [-0.05, 0) is 26.0 Å². The molecule has 2 aromatic rings. The minimum Gasteiger partial charge on any atom is -0.350 e. The first-order valence-corrected chi connectivity index (χ1v) is 6.80. The van der Waals surface area contributed by atoms with Gasteiger partial charge in [0.2, 0.25) is 0 Å². The highest BCUT2D eigenvalue weighted by atomic mass is 35.5. The van der Waals surface area contributed by atoms with Crippen LogP contribution in [0.2, 0.25) is 0 Å². The predicted molar refractivity (Wildman–Crippen MR) is 77.3 cm³/mol. The van der Waals surface area contributed by atoms with Crippen LogP contribution in [0.15, 0.2) is 30.6 Å². The molecule has 0 saturated carbocycles. The Morgan fingerprint density at radius 3 is 2.58 bits per heavy atom. The highest BCUT2D eigenvalue weighted by Gasteiger charge is 2.08. The average Bonchev–Trinajstić information content (AvgIpc) is 2.45. The van der Waals surface area contributed by atoms with Crippen molar-refractivity contribution in [2.75, 3.05) is 11.4 Å². The summed E-state index contributed by atoms with van der Waals surface area (Å²) in [5, 5.41) is 0. The smallest absolute Gasteiger partial charge is 0.147 e. The molecule has 2 heterocycles. The molecule has 0 bridgehead atoms. The van der Waals surface area contributed by atoms with Crippen LogP contribution in [0.4, 0.5) is 5.82 Å². The number of anilines is 1. The normalized spacial score (nSPS) is 10.5. The van der Waals surface area contributed by atoms with Gasteiger partial charge in [-0.1, -0.05) is 6.07 Å². The van der Waals surface area contributed by atoms with E-state index in [1.54, 1.807) is 12.4 Å². The van der Waals surface area contributed by atoms with Gasteiger partial charge in [-0.15, -0.1) is 11.6 Å². The molecule has 0 atom stereocenters. The van der Waals surface area contributed by atoms with E-state index >= 15 is 0 Å². The third-order valence-corrected chi connectivity index (χ3v) is 3.11. The summed E-state index contributed by atoms with van der Waals surface area (Å²) < 4.78 is 0. The summed E-state index contributed by atoms with van der Waals surface area (Å²) in [6, 6.07) is 6.04. The largest absolute Gasteiger partial charge is 0.350 e. The van der Waals surface area contributed by atoms with Crippen LogP contribution in [0, 0.1) is 6.92 Å². The summed E-state index contributed by atoms with van der Waals surface area (Å²) in [7, 11) is 0. The lowest BCUT2D eigenvalue weighted by Crippen LogP contribution is -2.24. The molecule has 2 aromatic heterocycles. The van der Waals surface area contributed by atoms with E-state index in [2.05, 4.69) is 26.8 Å². The number of hydrogen-bond donors (Lipinski definition) is 0. The molecule has 19 heavy (non-hydrogen) atoms. The summed E-state index contributed by atoms with van der Waals surface area (Å²) in [4.78, 5) is 15.3. The summed E-state index contributed by atoms with van der Waals surface area (Å²) in [5.41, 5.74) is 2.84. The highest BCUT2D eigenvalue weighted by Crippen LogP contribution is 2.13. The Morgan fingerprint density at radius 1 is 1.16 bits per heavy atom. The molecule has 0 amide bonds. The summed E-state index contributed by atoms with van der Waals surface area (Å²) in [6.07, 6.45) is 3.48. The Morgan fingerprint density at radius 2 is 2.00 bits per heavy atom. The number of rotatable bonds is 5. The number of alkyl halides is 1. The molecule has 0 aliphatic rings. The lowest BCUT2D eigenvalue weighted by atomic mass is 10.3.